The summed E-state index contributed by atoms with van der Waals surface area (Å²) in [5.41, 5.74) is 2.71. The highest BCUT2D eigenvalue weighted by atomic mass is 32.1. The van der Waals surface area contributed by atoms with Gasteiger partial charge in [-0.15, -0.1) is 11.3 Å². The van der Waals surface area contributed by atoms with Gasteiger partial charge in [0.25, 0.3) is 5.91 Å². The van der Waals surface area contributed by atoms with Gasteiger partial charge in [0.1, 0.15) is 5.75 Å². The van der Waals surface area contributed by atoms with Crippen molar-refractivity contribution in [1.29, 1.82) is 0 Å². The zero-order valence-electron chi connectivity index (χ0n) is 14.9. The second-order valence-corrected chi connectivity index (χ2v) is 6.63. The van der Waals surface area contributed by atoms with Crippen LogP contribution in [-0.4, -0.2) is 30.5 Å². The predicted octanol–water partition coefficient (Wildman–Crippen LogP) is 3.48. The summed E-state index contributed by atoms with van der Waals surface area (Å²) >= 11 is 1.33. The van der Waals surface area contributed by atoms with E-state index in [1.807, 2.05) is 30.5 Å². The summed E-state index contributed by atoms with van der Waals surface area (Å²) in [6.07, 6.45) is 1.56. The number of anilines is 1. The Morgan fingerprint density at radius 2 is 2.15 bits per heavy atom. The van der Waals surface area contributed by atoms with Crippen LogP contribution in [0.2, 0.25) is 0 Å². The zero-order valence-corrected chi connectivity index (χ0v) is 15.8. The topological polar surface area (TPSA) is 93.5 Å². The lowest BCUT2D eigenvalue weighted by molar-refractivity contribution is -0.116. The van der Waals surface area contributed by atoms with Gasteiger partial charge < -0.3 is 19.8 Å². The van der Waals surface area contributed by atoms with Crippen molar-refractivity contribution < 1.29 is 18.7 Å². The number of amides is 2. The van der Waals surface area contributed by atoms with Crippen molar-refractivity contribution in [3.05, 3.63) is 53.3 Å². The molecule has 2 amide bonds. The summed E-state index contributed by atoms with van der Waals surface area (Å²) in [4.78, 5) is 28.3. The molecule has 0 saturated heterocycles. The maximum atomic E-state index is 12.1. The van der Waals surface area contributed by atoms with Crippen LogP contribution in [0, 0.1) is 6.92 Å². The third-order valence-corrected chi connectivity index (χ3v) is 4.52. The molecule has 2 N–H and O–H groups in total. The molecule has 0 fully saturated rings. The van der Waals surface area contributed by atoms with Gasteiger partial charge in [-0.25, -0.2) is 4.98 Å². The van der Waals surface area contributed by atoms with Crippen LogP contribution < -0.4 is 15.4 Å². The molecule has 0 aliphatic carbocycles. The van der Waals surface area contributed by atoms with Gasteiger partial charge in [0.05, 0.1) is 19.1 Å². The van der Waals surface area contributed by atoms with Crippen LogP contribution in [0.15, 0.2) is 46.4 Å². The van der Waals surface area contributed by atoms with E-state index in [9.17, 15) is 9.59 Å². The van der Waals surface area contributed by atoms with E-state index in [0.29, 0.717) is 5.13 Å². The Morgan fingerprint density at radius 3 is 2.89 bits per heavy atom. The number of methoxy groups -OCH3 is 1. The van der Waals surface area contributed by atoms with Gasteiger partial charge in [-0.1, -0.05) is 11.6 Å². The monoisotopic (exact) mass is 385 g/mol. The van der Waals surface area contributed by atoms with Crippen molar-refractivity contribution in [3.8, 4) is 17.0 Å². The minimum absolute atomic E-state index is 0.134. The number of hydrogen-bond donors (Lipinski definition) is 2. The molecule has 3 aromatic rings. The highest BCUT2D eigenvalue weighted by molar-refractivity contribution is 7.14. The van der Waals surface area contributed by atoms with Gasteiger partial charge >= 0.3 is 0 Å². The number of ether oxygens (including phenoxy) is 1. The third kappa shape index (κ3) is 4.73. The predicted molar refractivity (Wildman–Crippen MR) is 103 cm³/mol. The number of hydrogen-bond acceptors (Lipinski definition) is 6. The van der Waals surface area contributed by atoms with E-state index in [4.69, 9.17) is 9.15 Å². The zero-order chi connectivity index (χ0) is 19.2. The lowest BCUT2D eigenvalue weighted by Crippen LogP contribution is -2.27. The lowest BCUT2D eigenvalue weighted by Gasteiger charge is -2.07. The average molecular weight is 385 g/mol. The smallest absolute Gasteiger partial charge is 0.286 e. The maximum Gasteiger partial charge on any atom is 0.286 e. The molecule has 0 radical (unpaired) electrons. The summed E-state index contributed by atoms with van der Waals surface area (Å²) in [6.45, 7) is 2.20. The minimum Gasteiger partial charge on any atom is -0.496 e. The molecule has 7 nitrogen and oxygen atoms in total. The van der Waals surface area contributed by atoms with Crippen molar-refractivity contribution in [3.63, 3.8) is 0 Å². The van der Waals surface area contributed by atoms with Crippen LogP contribution in [0.1, 0.15) is 22.5 Å². The number of nitrogens with one attached hydrogen (secondary N) is 2. The number of carbonyl (C=O) groups excluding carboxylic acids is 2. The first-order valence-corrected chi connectivity index (χ1v) is 9.17. The molecule has 0 aliphatic rings. The van der Waals surface area contributed by atoms with Crippen LogP contribution in [0.3, 0.4) is 0 Å². The van der Waals surface area contributed by atoms with E-state index in [1.54, 1.807) is 19.2 Å². The molecule has 8 heteroatoms. The first kappa shape index (κ1) is 18.7. The minimum atomic E-state index is -0.351. The molecule has 2 heterocycles. The number of aryl methyl sites for hydroxylation is 1. The number of rotatable bonds is 7. The first-order chi connectivity index (χ1) is 13.1. The van der Waals surface area contributed by atoms with Crippen molar-refractivity contribution in [2.45, 2.75) is 13.3 Å². The fourth-order valence-corrected chi connectivity index (χ4v) is 3.17. The summed E-state index contributed by atoms with van der Waals surface area (Å²) in [5.74, 6) is 0.360. The van der Waals surface area contributed by atoms with Crippen LogP contribution in [0.5, 0.6) is 5.75 Å². The number of aromatic nitrogens is 1. The number of nitrogens with zero attached hydrogens (tertiary/aromatic N) is 1. The average Bonchev–Trinajstić information content (AvgIpc) is 3.33. The third-order valence-electron chi connectivity index (χ3n) is 3.76. The molecule has 1 aromatic carbocycles. The van der Waals surface area contributed by atoms with Gasteiger partial charge in [-0.3, -0.25) is 9.59 Å². The van der Waals surface area contributed by atoms with Crippen molar-refractivity contribution in [1.82, 2.24) is 10.3 Å². The first-order valence-electron chi connectivity index (χ1n) is 8.29. The Bertz CT molecular complexity index is 934. The van der Waals surface area contributed by atoms with Crippen LogP contribution in [0.25, 0.3) is 11.3 Å². The maximum absolute atomic E-state index is 12.1. The molecular weight excluding hydrogens is 366 g/mol. The van der Waals surface area contributed by atoms with E-state index in [1.165, 1.54) is 17.6 Å². The van der Waals surface area contributed by atoms with Gasteiger partial charge in [0, 0.05) is 23.9 Å². The summed E-state index contributed by atoms with van der Waals surface area (Å²) in [6, 6.07) is 9.04. The van der Waals surface area contributed by atoms with Gasteiger partial charge in [-0.05, 0) is 31.2 Å². The molecule has 3 rings (SSSR count). The van der Waals surface area contributed by atoms with Crippen molar-refractivity contribution >= 4 is 28.3 Å². The number of carbonyl (C=O) groups is 2. The molecule has 0 atom stereocenters. The molecule has 0 bridgehead atoms. The lowest BCUT2D eigenvalue weighted by atomic mass is 10.1. The molecule has 0 unspecified atom stereocenters. The highest BCUT2D eigenvalue weighted by Crippen LogP contribution is 2.32. The molecule has 0 saturated carbocycles. The Labute approximate surface area is 160 Å². The Morgan fingerprint density at radius 1 is 1.30 bits per heavy atom. The Kier molecular flexibility index (Phi) is 5.87. The Balaban J connectivity index is 1.55. The normalized spacial score (nSPS) is 10.4. The molecule has 0 spiro atoms. The van der Waals surface area contributed by atoms with Crippen LogP contribution >= 0.6 is 11.3 Å². The van der Waals surface area contributed by atoms with Crippen LogP contribution in [0.4, 0.5) is 5.13 Å². The summed E-state index contributed by atoms with van der Waals surface area (Å²) < 4.78 is 10.4. The number of benzene rings is 1. The van der Waals surface area contributed by atoms with E-state index in [-0.39, 0.29) is 30.5 Å². The SMILES string of the molecule is COc1ccc(C)cc1-c1csc(NC(=O)CCNC(=O)c2ccco2)n1. The van der Waals surface area contributed by atoms with E-state index in [0.717, 1.165) is 22.6 Å². The van der Waals surface area contributed by atoms with Gasteiger partial charge in [-0.2, -0.15) is 0 Å². The highest BCUT2D eigenvalue weighted by Gasteiger charge is 2.13. The van der Waals surface area contributed by atoms with Crippen molar-refractivity contribution in [2.75, 3.05) is 19.0 Å². The molecule has 140 valence electrons. The summed E-state index contributed by atoms with van der Waals surface area (Å²) in [7, 11) is 1.61. The number of thiazole rings is 1. The number of furan rings is 1. The Hall–Kier alpha value is -3.13. The van der Waals surface area contributed by atoms with Crippen molar-refractivity contribution in [2.24, 2.45) is 0 Å². The molecule has 27 heavy (non-hydrogen) atoms. The van der Waals surface area contributed by atoms with Gasteiger partial charge in [0.15, 0.2) is 10.9 Å². The molecular formula is C19H19N3O4S. The second kappa shape index (κ2) is 8.50. The molecule has 2 aromatic heterocycles. The fraction of sp³-hybridized carbons (Fsp3) is 0.211. The van der Waals surface area contributed by atoms with Gasteiger partial charge in [0.2, 0.25) is 5.91 Å². The fourth-order valence-electron chi connectivity index (χ4n) is 2.44. The second-order valence-electron chi connectivity index (χ2n) is 5.77. The standard InChI is InChI=1S/C19H19N3O4S/c1-12-5-6-15(25-2)13(10-12)14-11-27-19(21-14)22-17(23)7-8-20-18(24)16-4-3-9-26-16/h3-6,9-11H,7-8H2,1-2H3,(H,20,24)(H,21,22,23). The van der Waals surface area contributed by atoms with E-state index >= 15 is 0 Å². The molecule has 0 aliphatic heterocycles. The van der Waals surface area contributed by atoms with Crippen LogP contribution in [-0.2, 0) is 4.79 Å². The quantitative estimate of drug-likeness (QED) is 0.649. The van der Waals surface area contributed by atoms with E-state index in [2.05, 4.69) is 15.6 Å². The largest absolute Gasteiger partial charge is 0.496 e. The summed E-state index contributed by atoms with van der Waals surface area (Å²) in [5, 5.41) is 7.74. The van der Waals surface area contributed by atoms with E-state index < -0.39 is 0 Å².